The Hall–Kier alpha value is -1.54. The van der Waals surface area contributed by atoms with Gasteiger partial charge < -0.3 is 4.74 Å². The molecule has 2 rings (SSSR count). The van der Waals surface area contributed by atoms with Gasteiger partial charge in [-0.25, -0.2) is 0 Å². The van der Waals surface area contributed by atoms with Crippen molar-refractivity contribution in [3.8, 4) is 16.9 Å². The van der Waals surface area contributed by atoms with Crippen LogP contribution in [-0.4, -0.2) is 16.1 Å². The lowest BCUT2D eigenvalue weighted by Gasteiger charge is -2.07. The number of ether oxygens (including phenoxy) is 1. The van der Waals surface area contributed by atoms with Gasteiger partial charge in [-0.1, -0.05) is 74.3 Å². The molecule has 0 saturated heterocycles. The van der Waals surface area contributed by atoms with Crippen molar-refractivity contribution in [2.24, 2.45) is 0 Å². The van der Waals surface area contributed by atoms with Crippen LogP contribution in [0.3, 0.4) is 0 Å². The Morgan fingerprint density at radius 1 is 0.810 bits per heavy atom. The minimum atomic E-state index is 0.808. The van der Waals surface area contributed by atoms with Crippen molar-refractivity contribution in [1.82, 2.24) is 0 Å². The Bertz CT molecular complexity index is 516. The van der Waals surface area contributed by atoms with Gasteiger partial charge in [0.15, 0.2) is 0 Å². The molecule has 2 aromatic rings. The second-order valence-corrected chi connectivity index (χ2v) is 6.66. The molecule has 0 atom stereocenters. The highest BCUT2D eigenvalue weighted by Crippen LogP contribution is 2.21. The monoisotopic (exact) mass is 296 g/mol. The Balaban J connectivity index is 1.97. The highest BCUT2D eigenvalue weighted by Gasteiger charge is 2.00. The van der Waals surface area contributed by atoms with E-state index in [9.17, 15) is 0 Å². The number of unbranched alkanes of at least 4 members (excludes halogenated alkanes) is 1. The van der Waals surface area contributed by atoms with E-state index >= 15 is 0 Å². The van der Waals surface area contributed by atoms with Gasteiger partial charge >= 0.3 is 0 Å². The second kappa shape index (κ2) is 8.68. The zero-order valence-corrected chi connectivity index (χ0v) is 14.1. The molecule has 0 saturated carbocycles. The van der Waals surface area contributed by atoms with E-state index in [0.717, 1.165) is 28.3 Å². The molecule has 0 heterocycles. The maximum atomic E-state index is 5.70. The van der Waals surface area contributed by atoms with Gasteiger partial charge in [-0.15, -0.1) is 0 Å². The van der Waals surface area contributed by atoms with Gasteiger partial charge in [0.05, 0.1) is 16.1 Å². The summed E-state index contributed by atoms with van der Waals surface area (Å²) in [5.74, 6) is 0.966. The molecule has 1 nitrogen and oxygen atoms in total. The van der Waals surface area contributed by atoms with Crippen LogP contribution in [0, 0.1) is 0 Å². The zero-order chi connectivity index (χ0) is 14.9. The third-order valence-corrected chi connectivity index (χ3v) is 4.91. The molecule has 0 aromatic heterocycles. The van der Waals surface area contributed by atoms with Crippen molar-refractivity contribution < 1.29 is 4.74 Å². The van der Waals surface area contributed by atoms with Gasteiger partial charge in [-0.3, -0.25) is 0 Å². The fourth-order valence-electron chi connectivity index (χ4n) is 2.13. The average molecular weight is 296 g/mol. The highest BCUT2D eigenvalue weighted by molar-refractivity contribution is 6.53. The van der Waals surface area contributed by atoms with E-state index < -0.39 is 0 Å². The molecule has 110 valence electrons. The first-order valence-electron chi connectivity index (χ1n) is 7.90. The van der Waals surface area contributed by atoms with Crippen molar-refractivity contribution in [3.05, 3.63) is 48.5 Å². The summed E-state index contributed by atoms with van der Waals surface area (Å²) in [4.78, 5) is 0. The largest absolute Gasteiger partial charge is 0.494 e. The normalized spacial score (nSPS) is 10.6. The third-order valence-electron chi connectivity index (χ3n) is 3.42. The number of rotatable bonds is 8. The van der Waals surface area contributed by atoms with E-state index in [-0.39, 0.29) is 0 Å². The van der Waals surface area contributed by atoms with Crippen LogP contribution in [0.15, 0.2) is 48.5 Å². The topological polar surface area (TPSA) is 9.23 Å². The predicted molar refractivity (Wildman–Crippen MR) is 92.8 cm³/mol. The third kappa shape index (κ3) is 5.05. The van der Waals surface area contributed by atoms with Crippen LogP contribution in [-0.2, 0) is 0 Å². The molecule has 21 heavy (non-hydrogen) atoms. The van der Waals surface area contributed by atoms with Crippen molar-refractivity contribution in [2.75, 3.05) is 6.61 Å². The quantitative estimate of drug-likeness (QED) is 0.507. The summed E-state index contributed by atoms with van der Waals surface area (Å²) in [7, 11) is 0.936. The summed E-state index contributed by atoms with van der Waals surface area (Å²) in [6.45, 7) is 5.23. The van der Waals surface area contributed by atoms with E-state index in [1.54, 1.807) is 0 Å². The molecule has 2 radical (unpaired) electrons. The van der Waals surface area contributed by atoms with Crippen LogP contribution in [0.1, 0.15) is 33.1 Å². The van der Waals surface area contributed by atoms with Crippen molar-refractivity contribution >= 4 is 14.7 Å². The predicted octanol–water partition coefficient (Wildman–Crippen LogP) is 4.69. The van der Waals surface area contributed by atoms with Crippen LogP contribution in [0.5, 0.6) is 5.75 Å². The molecular weight excluding hydrogens is 272 g/mol. The SMILES string of the molecule is CCCCOc1ccc(-c2ccc([Si]CCC)cc2)cc1. The summed E-state index contributed by atoms with van der Waals surface area (Å²) in [6.07, 6.45) is 3.55. The van der Waals surface area contributed by atoms with Gasteiger partial charge in [0, 0.05) is 0 Å². The molecule has 0 aliphatic carbocycles. The van der Waals surface area contributed by atoms with Crippen molar-refractivity contribution in [3.63, 3.8) is 0 Å². The summed E-state index contributed by atoms with van der Waals surface area (Å²) in [6, 6.07) is 18.7. The fourth-order valence-corrected chi connectivity index (χ4v) is 3.07. The number of benzene rings is 2. The lowest BCUT2D eigenvalue weighted by Crippen LogP contribution is -2.12. The van der Waals surface area contributed by atoms with Crippen molar-refractivity contribution in [1.29, 1.82) is 0 Å². The van der Waals surface area contributed by atoms with Crippen LogP contribution in [0.4, 0.5) is 0 Å². The average Bonchev–Trinajstić information content (AvgIpc) is 2.54. The summed E-state index contributed by atoms with van der Waals surface area (Å²) < 4.78 is 5.70. The Morgan fingerprint density at radius 2 is 1.43 bits per heavy atom. The van der Waals surface area contributed by atoms with Crippen LogP contribution >= 0.6 is 0 Å². The van der Waals surface area contributed by atoms with Gasteiger partial charge in [-0.2, -0.15) is 0 Å². The summed E-state index contributed by atoms with van der Waals surface area (Å²) in [5, 5.41) is 1.46. The second-order valence-electron chi connectivity index (χ2n) is 5.23. The zero-order valence-electron chi connectivity index (χ0n) is 13.1. The van der Waals surface area contributed by atoms with E-state index in [0.29, 0.717) is 0 Å². The lowest BCUT2D eigenvalue weighted by molar-refractivity contribution is 0.309. The van der Waals surface area contributed by atoms with Crippen molar-refractivity contribution in [2.45, 2.75) is 39.2 Å². The van der Waals surface area contributed by atoms with Gasteiger partial charge in [0.2, 0.25) is 0 Å². The van der Waals surface area contributed by atoms with Crippen LogP contribution < -0.4 is 9.92 Å². The Morgan fingerprint density at radius 3 is 2.00 bits per heavy atom. The minimum Gasteiger partial charge on any atom is -0.494 e. The first-order valence-corrected chi connectivity index (χ1v) is 9.11. The van der Waals surface area contributed by atoms with Gasteiger partial charge in [0.25, 0.3) is 0 Å². The molecule has 0 unspecified atom stereocenters. The van der Waals surface area contributed by atoms with E-state index in [2.05, 4.69) is 62.4 Å². The summed E-state index contributed by atoms with van der Waals surface area (Å²) in [5.41, 5.74) is 2.53. The number of hydrogen-bond donors (Lipinski definition) is 0. The molecule has 2 heteroatoms. The smallest absolute Gasteiger partial charge is 0.119 e. The minimum absolute atomic E-state index is 0.808. The molecule has 0 spiro atoms. The molecule has 0 aliphatic rings. The fraction of sp³-hybridized carbons (Fsp3) is 0.368. The first kappa shape index (κ1) is 15.8. The van der Waals surface area contributed by atoms with E-state index in [1.807, 2.05) is 0 Å². The number of hydrogen-bond acceptors (Lipinski definition) is 1. The van der Waals surface area contributed by atoms with Gasteiger partial charge in [0.1, 0.15) is 5.75 Å². The van der Waals surface area contributed by atoms with Crippen LogP contribution in [0.25, 0.3) is 11.1 Å². The standard InChI is InChI=1S/C19H24OSi/c1-3-5-14-20-18-10-6-16(7-11-18)17-8-12-19(13-9-17)21-15-4-2/h6-13H,3-5,14-15H2,1-2H3. The van der Waals surface area contributed by atoms with E-state index in [1.165, 1.54) is 35.2 Å². The molecule has 0 bridgehead atoms. The van der Waals surface area contributed by atoms with E-state index in [4.69, 9.17) is 4.74 Å². The molecule has 0 N–H and O–H groups in total. The maximum absolute atomic E-state index is 5.70. The maximum Gasteiger partial charge on any atom is 0.119 e. The van der Waals surface area contributed by atoms with Gasteiger partial charge in [-0.05, 0) is 29.7 Å². The molecular formula is C19H24OSi. The first-order chi connectivity index (χ1) is 10.3. The Kier molecular flexibility index (Phi) is 6.55. The van der Waals surface area contributed by atoms with Crippen LogP contribution in [0.2, 0.25) is 6.04 Å². The molecule has 0 amide bonds. The molecule has 0 fully saturated rings. The molecule has 2 aromatic carbocycles. The Labute approximate surface area is 131 Å². The highest BCUT2D eigenvalue weighted by atomic mass is 28.2. The lowest BCUT2D eigenvalue weighted by atomic mass is 10.1. The molecule has 0 aliphatic heterocycles. The summed E-state index contributed by atoms with van der Waals surface area (Å²) >= 11 is 0.